The first kappa shape index (κ1) is 13.1. The van der Waals surface area contributed by atoms with E-state index in [0.717, 1.165) is 30.8 Å². The number of nitrogens with zero attached hydrogens (tertiary/aromatic N) is 2. The number of aromatic nitrogens is 1. The zero-order valence-electron chi connectivity index (χ0n) is 9.67. The fraction of sp³-hybridized carbons (Fsp3) is 0.364. The van der Waals surface area contributed by atoms with E-state index in [4.69, 9.17) is 17.1 Å². The van der Waals surface area contributed by atoms with Crippen LogP contribution in [-0.4, -0.2) is 31.3 Å². The van der Waals surface area contributed by atoms with Crippen molar-refractivity contribution in [3.63, 3.8) is 0 Å². The molecule has 0 amide bonds. The molecular weight excluding hydrogens is 254 g/mol. The van der Waals surface area contributed by atoms with E-state index >= 15 is 0 Å². The van der Waals surface area contributed by atoms with Gasteiger partial charge in [0.15, 0.2) is 0 Å². The van der Waals surface area contributed by atoms with Crippen LogP contribution in [0.1, 0.15) is 5.56 Å². The lowest BCUT2D eigenvalue weighted by atomic mass is 10.2. The number of hydrogen-bond acceptors (Lipinski definition) is 7. The average Bonchev–Trinajstić information content (AvgIpc) is 2.46. The summed E-state index contributed by atoms with van der Waals surface area (Å²) in [6.07, 6.45) is 7.19. The molecule has 0 aliphatic carbocycles. The van der Waals surface area contributed by atoms with E-state index in [9.17, 15) is 0 Å². The summed E-state index contributed by atoms with van der Waals surface area (Å²) >= 11 is 0.883. The average molecular weight is 267 g/mol. The lowest BCUT2D eigenvalue weighted by Gasteiger charge is -2.28. The van der Waals surface area contributed by atoms with Crippen molar-refractivity contribution in [2.45, 2.75) is 5.03 Å². The Morgan fingerprint density at radius 2 is 2.28 bits per heavy atom. The van der Waals surface area contributed by atoms with Crippen LogP contribution in [0.3, 0.4) is 0 Å². The minimum absolute atomic E-state index is 0.542. The van der Waals surface area contributed by atoms with Crippen LogP contribution in [0, 0.1) is 12.3 Å². The number of ether oxygens (including phenoxy) is 1. The molecule has 1 aromatic rings. The molecule has 2 heterocycles. The zero-order chi connectivity index (χ0) is 12.8. The highest BCUT2D eigenvalue weighted by Crippen LogP contribution is 2.25. The number of morpholine rings is 1. The Balaban J connectivity index is 2.16. The standard InChI is InChI=1S/C11H13N3O3S/c1-2-9-7-10(14-3-5-15-6-4-14)8-13-11(9)18-17-16-12/h1,7-8H,3-6,12H2. The summed E-state index contributed by atoms with van der Waals surface area (Å²) in [5, 5.41) is 0.542. The topological polar surface area (TPSA) is 69.8 Å². The molecule has 18 heavy (non-hydrogen) atoms. The molecule has 1 aromatic heterocycles. The summed E-state index contributed by atoms with van der Waals surface area (Å²) in [6, 6.07) is 1.89. The summed E-state index contributed by atoms with van der Waals surface area (Å²) in [6.45, 7) is 3.10. The maximum atomic E-state index is 5.45. The van der Waals surface area contributed by atoms with Gasteiger partial charge in [0, 0.05) is 13.1 Å². The first-order chi connectivity index (χ1) is 8.85. The molecule has 1 fully saturated rings. The molecule has 0 saturated carbocycles. The van der Waals surface area contributed by atoms with Crippen LogP contribution in [-0.2, 0) is 14.1 Å². The Kier molecular flexibility index (Phi) is 4.81. The minimum atomic E-state index is 0.542. The van der Waals surface area contributed by atoms with E-state index in [1.807, 2.05) is 6.07 Å². The Morgan fingerprint density at radius 1 is 1.50 bits per heavy atom. The molecule has 0 radical (unpaired) electrons. The smallest absolute Gasteiger partial charge is 0.142 e. The first-order valence-electron chi connectivity index (χ1n) is 5.34. The lowest BCUT2D eigenvalue weighted by Crippen LogP contribution is -2.36. The molecule has 6 nitrogen and oxygen atoms in total. The summed E-state index contributed by atoms with van der Waals surface area (Å²) in [5.74, 6) is 7.34. The molecule has 1 aliphatic rings. The molecule has 0 atom stereocenters. The van der Waals surface area contributed by atoms with Crippen LogP contribution in [0.25, 0.3) is 0 Å². The minimum Gasteiger partial charge on any atom is -0.378 e. The van der Waals surface area contributed by atoms with Gasteiger partial charge in [-0.05, 0) is 6.07 Å². The van der Waals surface area contributed by atoms with Gasteiger partial charge in [-0.1, -0.05) is 5.92 Å². The van der Waals surface area contributed by atoms with E-state index in [0.29, 0.717) is 23.8 Å². The van der Waals surface area contributed by atoms with Gasteiger partial charge in [0.1, 0.15) is 5.03 Å². The first-order valence-corrected chi connectivity index (χ1v) is 6.08. The fourth-order valence-electron chi connectivity index (χ4n) is 1.66. The number of terminal acetylenes is 1. The maximum absolute atomic E-state index is 5.45. The molecule has 96 valence electrons. The molecule has 0 bridgehead atoms. The number of hydrogen-bond donors (Lipinski definition) is 1. The Hall–Kier alpha value is -1.30. The Morgan fingerprint density at radius 3 is 2.94 bits per heavy atom. The van der Waals surface area contributed by atoms with Crippen molar-refractivity contribution in [3.05, 3.63) is 17.8 Å². The molecule has 1 saturated heterocycles. The van der Waals surface area contributed by atoms with Crippen LogP contribution in [0.4, 0.5) is 5.69 Å². The number of rotatable bonds is 4. The van der Waals surface area contributed by atoms with Crippen LogP contribution < -0.4 is 10.8 Å². The molecule has 7 heteroatoms. The highest BCUT2D eigenvalue weighted by Gasteiger charge is 2.14. The summed E-state index contributed by atoms with van der Waals surface area (Å²) in [4.78, 5) is 10.4. The van der Waals surface area contributed by atoms with Gasteiger partial charge in [0.05, 0.1) is 42.7 Å². The van der Waals surface area contributed by atoms with E-state index in [1.165, 1.54) is 0 Å². The van der Waals surface area contributed by atoms with Gasteiger partial charge in [-0.3, -0.25) is 0 Å². The second kappa shape index (κ2) is 6.58. The summed E-state index contributed by atoms with van der Waals surface area (Å²) in [7, 11) is 0. The van der Waals surface area contributed by atoms with Gasteiger partial charge in [0.2, 0.25) is 0 Å². The predicted octanol–water partition coefficient (Wildman–Crippen LogP) is 0.729. The normalized spacial score (nSPS) is 15.4. The Bertz CT molecular complexity index is 444. The van der Waals surface area contributed by atoms with Crippen molar-refractivity contribution in [2.24, 2.45) is 5.90 Å². The van der Waals surface area contributed by atoms with Crippen LogP contribution in [0.5, 0.6) is 0 Å². The molecule has 1 aliphatic heterocycles. The van der Waals surface area contributed by atoms with E-state index < -0.39 is 0 Å². The molecule has 0 spiro atoms. The van der Waals surface area contributed by atoms with Gasteiger partial charge < -0.3 is 9.64 Å². The fourth-order valence-corrected chi connectivity index (χ4v) is 2.06. The van der Waals surface area contributed by atoms with Crippen LogP contribution in [0.2, 0.25) is 0 Å². The summed E-state index contributed by atoms with van der Waals surface area (Å²) in [5.41, 5.74) is 1.62. The molecule has 0 unspecified atom stereocenters. The van der Waals surface area contributed by atoms with Crippen molar-refractivity contribution < 1.29 is 14.1 Å². The highest BCUT2D eigenvalue weighted by molar-refractivity contribution is 7.94. The van der Waals surface area contributed by atoms with Gasteiger partial charge in [-0.2, -0.15) is 5.90 Å². The van der Waals surface area contributed by atoms with Crippen molar-refractivity contribution in [1.82, 2.24) is 4.98 Å². The largest absolute Gasteiger partial charge is 0.378 e. The van der Waals surface area contributed by atoms with Gasteiger partial charge in [-0.15, -0.1) is 15.7 Å². The second-order valence-corrected chi connectivity index (χ2v) is 4.23. The van der Waals surface area contributed by atoms with Crippen molar-refractivity contribution in [3.8, 4) is 12.3 Å². The van der Waals surface area contributed by atoms with Crippen LogP contribution >= 0.6 is 12.0 Å². The van der Waals surface area contributed by atoms with Crippen molar-refractivity contribution in [2.75, 3.05) is 31.2 Å². The third-order valence-electron chi connectivity index (χ3n) is 2.52. The van der Waals surface area contributed by atoms with Gasteiger partial charge in [-0.25, -0.2) is 4.98 Å². The lowest BCUT2D eigenvalue weighted by molar-refractivity contribution is -0.195. The number of anilines is 1. The zero-order valence-corrected chi connectivity index (χ0v) is 10.5. The van der Waals surface area contributed by atoms with E-state index in [-0.39, 0.29) is 0 Å². The van der Waals surface area contributed by atoms with Crippen LogP contribution in [0.15, 0.2) is 17.3 Å². The van der Waals surface area contributed by atoms with E-state index in [1.54, 1.807) is 6.20 Å². The van der Waals surface area contributed by atoms with Gasteiger partial charge in [0.25, 0.3) is 0 Å². The third kappa shape index (κ3) is 3.13. The second-order valence-electron chi connectivity index (χ2n) is 3.54. The molecule has 0 aromatic carbocycles. The number of pyridine rings is 1. The van der Waals surface area contributed by atoms with Crippen molar-refractivity contribution in [1.29, 1.82) is 0 Å². The SMILES string of the molecule is C#Cc1cc(N2CCOCC2)cnc1SOON. The number of nitrogens with two attached hydrogens (primary N) is 1. The van der Waals surface area contributed by atoms with Gasteiger partial charge >= 0.3 is 0 Å². The quantitative estimate of drug-likeness (QED) is 0.373. The summed E-state index contributed by atoms with van der Waals surface area (Å²) < 4.78 is 9.85. The Labute approximate surface area is 109 Å². The van der Waals surface area contributed by atoms with E-state index in [2.05, 4.69) is 25.1 Å². The highest BCUT2D eigenvalue weighted by atomic mass is 32.2. The predicted molar refractivity (Wildman–Crippen MR) is 67.4 cm³/mol. The molecule has 2 rings (SSSR count). The van der Waals surface area contributed by atoms with Crippen molar-refractivity contribution >= 4 is 17.7 Å². The third-order valence-corrected chi connectivity index (χ3v) is 3.15. The monoisotopic (exact) mass is 267 g/mol. The maximum Gasteiger partial charge on any atom is 0.142 e. The molecule has 2 N–H and O–H groups in total. The molecular formula is C11H13N3O3S.